The Balaban J connectivity index is 2.76. The molecule has 3 N–H and O–H groups in total. The zero-order valence-electron chi connectivity index (χ0n) is 9.11. The van der Waals surface area contributed by atoms with E-state index < -0.39 is 30.2 Å². The number of carbonyl (C=O) groups excluding carboxylic acids is 1. The minimum Gasteiger partial charge on any atom is -0.351 e. The van der Waals surface area contributed by atoms with Gasteiger partial charge in [0.15, 0.2) is 0 Å². The summed E-state index contributed by atoms with van der Waals surface area (Å²) in [5.74, 6) is -6.21. The molecule has 1 amide bonds. The van der Waals surface area contributed by atoms with Gasteiger partial charge in [-0.25, -0.2) is 0 Å². The van der Waals surface area contributed by atoms with Gasteiger partial charge in [-0.05, 0) is 18.8 Å². The van der Waals surface area contributed by atoms with E-state index >= 15 is 0 Å². The van der Waals surface area contributed by atoms with E-state index in [-0.39, 0.29) is 12.5 Å². The first-order valence-corrected chi connectivity index (χ1v) is 5.21. The van der Waals surface area contributed by atoms with E-state index in [2.05, 4.69) is 0 Å². The monoisotopic (exact) mass is 278 g/mol. The maximum absolute atomic E-state index is 12.2. The number of carbonyl (C=O) groups is 1. The minimum absolute atomic E-state index is 0.124. The Morgan fingerprint density at radius 3 is 1.89 bits per heavy atom. The van der Waals surface area contributed by atoms with Gasteiger partial charge in [-0.1, -0.05) is 0 Å². The fourth-order valence-electron chi connectivity index (χ4n) is 1.62. The van der Waals surface area contributed by atoms with Crippen LogP contribution in [0.5, 0.6) is 0 Å². The van der Waals surface area contributed by atoms with Gasteiger partial charge in [0.05, 0.1) is 0 Å². The van der Waals surface area contributed by atoms with Gasteiger partial charge in [0.1, 0.15) is 0 Å². The fourth-order valence-corrected chi connectivity index (χ4v) is 1.62. The van der Waals surface area contributed by atoms with Crippen molar-refractivity contribution in [1.82, 2.24) is 5.32 Å². The average Bonchev–Trinajstić information content (AvgIpc) is 2.91. The van der Waals surface area contributed by atoms with Crippen LogP contribution in [0.25, 0.3) is 0 Å². The van der Waals surface area contributed by atoms with Gasteiger partial charge in [-0.3, -0.25) is 4.79 Å². The van der Waals surface area contributed by atoms with Gasteiger partial charge < -0.3 is 11.1 Å². The molecule has 3 nitrogen and oxygen atoms in total. The molecule has 1 atom stereocenters. The van der Waals surface area contributed by atoms with Crippen LogP contribution in [0.15, 0.2) is 0 Å². The van der Waals surface area contributed by atoms with Gasteiger partial charge >= 0.3 is 12.4 Å². The van der Waals surface area contributed by atoms with E-state index in [4.69, 9.17) is 5.73 Å². The lowest BCUT2D eigenvalue weighted by molar-refractivity contribution is -0.274. The van der Waals surface area contributed by atoms with E-state index in [9.17, 15) is 31.1 Å². The van der Waals surface area contributed by atoms with E-state index in [0.717, 1.165) is 0 Å². The number of hydrogen-bond donors (Lipinski definition) is 2. The summed E-state index contributed by atoms with van der Waals surface area (Å²) in [5.41, 5.74) is 5.20. The Bertz CT molecular complexity index is 295. The predicted molar refractivity (Wildman–Crippen MR) is 49.3 cm³/mol. The van der Waals surface area contributed by atoms with Crippen molar-refractivity contribution in [2.24, 2.45) is 17.6 Å². The van der Waals surface area contributed by atoms with Crippen molar-refractivity contribution in [2.45, 2.75) is 31.2 Å². The van der Waals surface area contributed by atoms with Crippen LogP contribution in [0, 0.1) is 11.8 Å². The van der Waals surface area contributed by atoms with Gasteiger partial charge in [-0.2, -0.15) is 26.3 Å². The molecule has 0 radical (unpaired) electrons. The zero-order chi connectivity index (χ0) is 14.1. The summed E-state index contributed by atoms with van der Waals surface area (Å²) in [6.07, 6.45) is -10.0. The second-order valence-electron chi connectivity index (χ2n) is 4.20. The van der Waals surface area contributed by atoms with Crippen molar-refractivity contribution in [3.63, 3.8) is 0 Å². The standard InChI is InChI=1S/C9H12F6N2O/c10-8(11,12)6(9(13,14)15)7(18)17-5(3-16)4-1-2-4/h4-6H,1-3,16H2,(H,17,18). The number of rotatable bonds is 4. The summed E-state index contributed by atoms with van der Waals surface area (Å²) in [5, 5.41) is 1.74. The number of nitrogens with two attached hydrogens (primary N) is 1. The molecular formula is C9H12F6N2O. The van der Waals surface area contributed by atoms with Gasteiger partial charge in [-0.15, -0.1) is 0 Å². The highest BCUT2D eigenvalue weighted by Crippen LogP contribution is 2.40. The lowest BCUT2D eigenvalue weighted by Gasteiger charge is -2.25. The van der Waals surface area contributed by atoms with Crippen molar-refractivity contribution >= 4 is 5.91 Å². The van der Waals surface area contributed by atoms with Crippen LogP contribution in [0.2, 0.25) is 0 Å². The van der Waals surface area contributed by atoms with Crippen LogP contribution in [-0.4, -0.2) is 30.8 Å². The topological polar surface area (TPSA) is 55.1 Å². The molecule has 18 heavy (non-hydrogen) atoms. The Labute approximate surface area is 98.7 Å². The maximum Gasteiger partial charge on any atom is 0.409 e. The van der Waals surface area contributed by atoms with Gasteiger partial charge in [0.25, 0.3) is 0 Å². The molecule has 9 heteroatoms. The summed E-state index contributed by atoms with van der Waals surface area (Å²) in [7, 11) is 0. The van der Waals surface area contributed by atoms with E-state index in [1.807, 2.05) is 0 Å². The summed E-state index contributed by atoms with van der Waals surface area (Å²) < 4.78 is 73.4. The highest BCUT2D eigenvalue weighted by Gasteiger charge is 2.61. The molecule has 1 saturated carbocycles. The van der Waals surface area contributed by atoms with Crippen LogP contribution in [0.3, 0.4) is 0 Å². The number of hydrogen-bond acceptors (Lipinski definition) is 2. The number of nitrogens with one attached hydrogen (secondary N) is 1. The van der Waals surface area contributed by atoms with Crippen molar-refractivity contribution in [3.05, 3.63) is 0 Å². The third kappa shape index (κ3) is 3.76. The molecular weight excluding hydrogens is 266 g/mol. The van der Waals surface area contributed by atoms with Crippen molar-refractivity contribution in [2.75, 3.05) is 6.54 Å². The first-order chi connectivity index (χ1) is 8.07. The van der Waals surface area contributed by atoms with Gasteiger partial charge in [0.2, 0.25) is 11.8 Å². The summed E-state index contributed by atoms with van der Waals surface area (Å²) in [6, 6.07) is -0.829. The molecule has 106 valence electrons. The zero-order valence-corrected chi connectivity index (χ0v) is 9.11. The molecule has 1 aliphatic carbocycles. The summed E-state index contributed by atoms with van der Waals surface area (Å²) in [4.78, 5) is 11.1. The molecule has 1 aliphatic rings. The molecule has 0 aliphatic heterocycles. The molecule has 0 heterocycles. The normalized spacial score (nSPS) is 18.9. The smallest absolute Gasteiger partial charge is 0.351 e. The maximum atomic E-state index is 12.2. The quantitative estimate of drug-likeness (QED) is 0.767. The second kappa shape index (κ2) is 4.94. The second-order valence-corrected chi connectivity index (χ2v) is 4.20. The van der Waals surface area contributed by atoms with Gasteiger partial charge in [0, 0.05) is 12.6 Å². The molecule has 0 bridgehead atoms. The third-order valence-electron chi connectivity index (χ3n) is 2.69. The van der Waals surface area contributed by atoms with Crippen LogP contribution in [0.1, 0.15) is 12.8 Å². The lowest BCUT2D eigenvalue weighted by Crippen LogP contribution is -2.52. The van der Waals surface area contributed by atoms with Crippen LogP contribution in [0.4, 0.5) is 26.3 Å². The molecule has 0 aromatic heterocycles. The van der Waals surface area contributed by atoms with E-state index in [1.54, 1.807) is 5.32 Å². The Morgan fingerprint density at radius 2 is 1.61 bits per heavy atom. The van der Waals surface area contributed by atoms with Crippen LogP contribution < -0.4 is 11.1 Å². The first kappa shape index (κ1) is 15.1. The van der Waals surface area contributed by atoms with Crippen molar-refractivity contribution in [1.29, 1.82) is 0 Å². The van der Waals surface area contributed by atoms with Crippen molar-refractivity contribution < 1.29 is 31.1 Å². The fraction of sp³-hybridized carbons (Fsp3) is 0.889. The first-order valence-electron chi connectivity index (χ1n) is 5.21. The highest BCUT2D eigenvalue weighted by molar-refractivity contribution is 5.80. The molecule has 0 saturated heterocycles. The number of halogens is 6. The minimum atomic E-state index is -5.66. The van der Waals surface area contributed by atoms with Crippen molar-refractivity contribution in [3.8, 4) is 0 Å². The predicted octanol–water partition coefficient (Wildman–Crippen LogP) is 1.58. The third-order valence-corrected chi connectivity index (χ3v) is 2.69. The van der Waals surface area contributed by atoms with E-state index in [1.165, 1.54) is 0 Å². The Kier molecular flexibility index (Phi) is 4.14. The average molecular weight is 278 g/mol. The molecule has 0 aromatic carbocycles. The van der Waals surface area contributed by atoms with E-state index in [0.29, 0.717) is 12.8 Å². The summed E-state index contributed by atoms with van der Waals surface area (Å²) in [6.45, 7) is -0.182. The number of amides is 1. The molecule has 0 spiro atoms. The molecule has 1 unspecified atom stereocenters. The number of alkyl halides is 6. The largest absolute Gasteiger partial charge is 0.409 e. The lowest BCUT2D eigenvalue weighted by atomic mass is 10.1. The Hall–Kier alpha value is -0.990. The Morgan fingerprint density at radius 1 is 1.17 bits per heavy atom. The molecule has 0 aromatic rings. The summed E-state index contributed by atoms with van der Waals surface area (Å²) >= 11 is 0. The van der Waals surface area contributed by atoms with Crippen LogP contribution in [-0.2, 0) is 4.79 Å². The van der Waals surface area contributed by atoms with Crippen LogP contribution >= 0.6 is 0 Å². The SMILES string of the molecule is NCC(NC(=O)C(C(F)(F)F)C(F)(F)F)C1CC1. The highest BCUT2D eigenvalue weighted by atomic mass is 19.4. The molecule has 1 fully saturated rings. The molecule has 1 rings (SSSR count).